The second-order valence-electron chi connectivity index (χ2n) is 7.07. The molecular weight excluding hydrogens is 360 g/mol. The maximum absolute atomic E-state index is 13.0. The average molecular weight is 384 g/mol. The van der Waals surface area contributed by atoms with Gasteiger partial charge in [-0.15, -0.1) is 0 Å². The zero-order valence-corrected chi connectivity index (χ0v) is 16.5. The van der Waals surface area contributed by atoms with Gasteiger partial charge in [-0.1, -0.05) is 37.6 Å². The van der Waals surface area contributed by atoms with Gasteiger partial charge in [0, 0.05) is 0 Å². The molecule has 0 radical (unpaired) electrons. The van der Waals surface area contributed by atoms with Gasteiger partial charge in [-0.2, -0.15) is 0 Å². The van der Waals surface area contributed by atoms with Crippen LogP contribution in [0.4, 0.5) is 4.79 Å². The van der Waals surface area contributed by atoms with E-state index >= 15 is 0 Å². The molecule has 3 rings (SSSR count). The van der Waals surface area contributed by atoms with Crippen LogP contribution in [0.1, 0.15) is 53.3 Å². The second-order valence-corrected chi connectivity index (χ2v) is 7.07. The van der Waals surface area contributed by atoms with Crippen LogP contribution in [-0.2, 0) is 28.0 Å². The van der Waals surface area contributed by atoms with Gasteiger partial charge in [0.05, 0.1) is 13.7 Å². The van der Waals surface area contributed by atoms with E-state index in [1.54, 1.807) is 13.8 Å². The molecule has 0 bridgehead atoms. The molecule has 1 saturated heterocycles. The van der Waals surface area contributed by atoms with E-state index in [9.17, 15) is 14.4 Å². The van der Waals surface area contributed by atoms with Crippen molar-refractivity contribution in [2.24, 2.45) is 0 Å². The molecule has 2 aromatic rings. The van der Waals surface area contributed by atoms with Crippen molar-refractivity contribution in [1.82, 2.24) is 10.2 Å². The van der Waals surface area contributed by atoms with E-state index in [0.29, 0.717) is 11.5 Å². The Kier molecular flexibility index (Phi) is 5.27. The molecule has 1 aromatic carbocycles. The SMILES string of the molecule is CCCc1ccc(C2(C)NC(=O)N(Cc3cc(C(=O)OC)c(C)o3)C2=O)cc1. The van der Waals surface area contributed by atoms with Crippen molar-refractivity contribution in [3.8, 4) is 0 Å². The number of ether oxygens (including phenoxy) is 1. The normalized spacial score (nSPS) is 19.1. The number of imide groups is 1. The van der Waals surface area contributed by atoms with Gasteiger partial charge in [-0.25, -0.2) is 9.59 Å². The summed E-state index contributed by atoms with van der Waals surface area (Å²) in [5, 5.41) is 2.78. The molecule has 0 spiro atoms. The minimum atomic E-state index is -1.14. The van der Waals surface area contributed by atoms with Crippen molar-refractivity contribution >= 4 is 17.9 Å². The summed E-state index contributed by atoms with van der Waals surface area (Å²) in [5.41, 5.74) is 1.04. The Morgan fingerprint density at radius 1 is 1.25 bits per heavy atom. The number of amides is 3. The Bertz CT molecular complexity index is 915. The summed E-state index contributed by atoms with van der Waals surface area (Å²) in [7, 11) is 1.28. The van der Waals surface area contributed by atoms with Crippen molar-refractivity contribution in [3.05, 3.63) is 58.5 Å². The van der Waals surface area contributed by atoms with Crippen LogP contribution in [0.5, 0.6) is 0 Å². The fraction of sp³-hybridized carbons (Fsp3) is 0.381. The van der Waals surface area contributed by atoms with Gasteiger partial charge in [-0.3, -0.25) is 9.69 Å². The number of hydrogen-bond acceptors (Lipinski definition) is 5. The van der Waals surface area contributed by atoms with E-state index in [4.69, 9.17) is 9.15 Å². The van der Waals surface area contributed by atoms with Crippen LogP contribution in [0.25, 0.3) is 0 Å². The van der Waals surface area contributed by atoms with Crippen LogP contribution in [0.15, 0.2) is 34.7 Å². The van der Waals surface area contributed by atoms with Crippen molar-refractivity contribution < 1.29 is 23.5 Å². The number of nitrogens with one attached hydrogen (secondary N) is 1. The number of urea groups is 1. The van der Waals surface area contributed by atoms with Crippen LogP contribution < -0.4 is 5.32 Å². The van der Waals surface area contributed by atoms with Crippen LogP contribution in [0.3, 0.4) is 0 Å². The first kappa shape index (κ1) is 19.7. The Balaban J connectivity index is 1.82. The maximum Gasteiger partial charge on any atom is 0.341 e. The monoisotopic (exact) mass is 384 g/mol. The largest absolute Gasteiger partial charge is 0.465 e. The van der Waals surface area contributed by atoms with E-state index in [-0.39, 0.29) is 18.0 Å². The summed E-state index contributed by atoms with van der Waals surface area (Å²) in [4.78, 5) is 38.4. The lowest BCUT2D eigenvalue weighted by Gasteiger charge is -2.22. The minimum absolute atomic E-state index is 0.0635. The van der Waals surface area contributed by atoms with Crippen molar-refractivity contribution in [1.29, 1.82) is 0 Å². The van der Waals surface area contributed by atoms with E-state index in [2.05, 4.69) is 12.2 Å². The second kappa shape index (κ2) is 7.50. The zero-order valence-electron chi connectivity index (χ0n) is 16.5. The summed E-state index contributed by atoms with van der Waals surface area (Å²) in [6, 6.07) is 8.70. The van der Waals surface area contributed by atoms with Gasteiger partial charge in [0.1, 0.15) is 22.6 Å². The molecule has 1 fully saturated rings. The first-order chi connectivity index (χ1) is 13.3. The predicted molar refractivity (Wildman–Crippen MR) is 102 cm³/mol. The molecule has 1 N–H and O–H groups in total. The number of rotatable bonds is 6. The maximum atomic E-state index is 13.0. The third-order valence-electron chi connectivity index (χ3n) is 5.03. The van der Waals surface area contributed by atoms with Gasteiger partial charge >= 0.3 is 12.0 Å². The molecular formula is C21H24N2O5. The Labute approximate surface area is 163 Å². The molecule has 1 aliphatic rings. The van der Waals surface area contributed by atoms with Gasteiger partial charge in [-0.05, 0) is 37.5 Å². The number of nitrogens with zero attached hydrogens (tertiary/aromatic N) is 1. The molecule has 0 saturated carbocycles. The molecule has 1 aliphatic heterocycles. The van der Waals surface area contributed by atoms with E-state index in [1.807, 2.05) is 24.3 Å². The summed E-state index contributed by atoms with van der Waals surface area (Å²) >= 11 is 0. The zero-order chi connectivity index (χ0) is 20.5. The van der Waals surface area contributed by atoms with Gasteiger partial charge in [0.15, 0.2) is 0 Å². The van der Waals surface area contributed by atoms with Gasteiger partial charge < -0.3 is 14.5 Å². The van der Waals surface area contributed by atoms with Gasteiger partial charge in [0.25, 0.3) is 5.91 Å². The van der Waals surface area contributed by atoms with Crippen LogP contribution in [0, 0.1) is 6.92 Å². The number of esters is 1. The molecule has 7 heteroatoms. The third-order valence-corrected chi connectivity index (χ3v) is 5.03. The molecule has 7 nitrogen and oxygen atoms in total. The average Bonchev–Trinajstić information content (AvgIpc) is 3.15. The number of methoxy groups -OCH3 is 1. The number of carbonyl (C=O) groups is 3. The minimum Gasteiger partial charge on any atom is -0.465 e. The number of aryl methyl sites for hydroxylation is 2. The highest BCUT2D eigenvalue weighted by Crippen LogP contribution is 2.30. The standard InChI is InChI=1S/C21H24N2O5/c1-5-6-14-7-9-15(10-8-14)21(3)19(25)23(20(26)22-21)12-16-11-17(13(2)28-16)18(24)27-4/h7-11H,5-6,12H2,1-4H3,(H,22,26). The topological polar surface area (TPSA) is 88.8 Å². The van der Waals surface area contributed by atoms with Crippen molar-refractivity contribution in [2.75, 3.05) is 7.11 Å². The summed E-state index contributed by atoms with van der Waals surface area (Å²) in [6.07, 6.45) is 2.00. The summed E-state index contributed by atoms with van der Waals surface area (Å²) in [6.45, 7) is 5.36. The Hall–Kier alpha value is -3.09. The molecule has 1 aromatic heterocycles. The molecule has 3 amide bonds. The molecule has 1 unspecified atom stereocenters. The first-order valence-corrected chi connectivity index (χ1v) is 9.21. The van der Waals surface area contributed by atoms with E-state index < -0.39 is 17.5 Å². The Morgan fingerprint density at radius 3 is 2.54 bits per heavy atom. The highest BCUT2D eigenvalue weighted by atomic mass is 16.5. The number of benzene rings is 1. The lowest BCUT2D eigenvalue weighted by atomic mass is 9.91. The third kappa shape index (κ3) is 3.40. The molecule has 0 aliphatic carbocycles. The van der Waals surface area contributed by atoms with Crippen LogP contribution in [-0.4, -0.2) is 29.9 Å². The Morgan fingerprint density at radius 2 is 1.93 bits per heavy atom. The molecule has 28 heavy (non-hydrogen) atoms. The smallest absolute Gasteiger partial charge is 0.341 e. The fourth-order valence-corrected chi connectivity index (χ4v) is 3.42. The molecule has 148 valence electrons. The van der Waals surface area contributed by atoms with Crippen molar-refractivity contribution in [3.63, 3.8) is 0 Å². The van der Waals surface area contributed by atoms with E-state index in [0.717, 1.165) is 23.3 Å². The highest BCUT2D eigenvalue weighted by Gasteiger charge is 2.49. The van der Waals surface area contributed by atoms with Crippen LogP contribution in [0.2, 0.25) is 0 Å². The number of hydrogen-bond donors (Lipinski definition) is 1. The quantitative estimate of drug-likeness (QED) is 0.610. The summed E-state index contributed by atoms with van der Waals surface area (Å²) < 4.78 is 10.2. The fourth-order valence-electron chi connectivity index (χ4n) is 3.42. The van der Waals surface area contributed by atoms with Gasteiger partial charge in [0.2, 0.25) is 0 Å². The molecule has 2 heterocycles. The number of furan rings is 1. The molecule has 1 atom stereocenters. The highest BCUT2D eigenvalue weighted by molar-refractivity contribution is 6.07. The van der Waals surface area contributed by atoms with Crippen LogP contribution >= 0.6 is 0 Å². The lowest BCUT2D eigenvalue weighted by Crippen LogP contribution is -2.40. The predicted octanol–water partition coefficient (Wildman–Crippen LogP) is 3.29. The van der Waals surface area contributed by atoms with Crippen molar-refractivity contribution in [2.45, 2.75) is 45.7 Å². The lowest BCUT2D eigenvalue weighted by molar-refractivity contribution is -0.131. The first-order valence-electron chi connectivity index (χ1n) is 9.21. The summed E-state index contributed by atoms with van der Waals surface area (Å²) in [5.74, 6) is -0.178. The number of carbonyl (C=O) groups excluding carboxylic acids is 3. The van der Waals surface area contributed by atoms with E-state index in [1.165, 1.54) is 18.7 Å².